The first-order valence-corrected chi connectivity index (χ1v) is 7.65. The van der Waals surface area contributed by atoms with Crippen LogP contribution < -0.4 is 15.4 Å². The van der Waals surface area contributed by atoms with Gasteiger partial charge < -0.3 is 15.4 Å². The first kappa shape index (κ1) is 15.6. The summed E-state index contributed by atoms with van der Waals surface area (Å²) in [4.78, 5) is 11.8. The Labute approximate surface area is 138 Å². The third kappa shape index (κ3) is 4.93. The number of carbonyl (C=O) groups is 1. The summed E-state index contributed by atoms with van der Waals surface area (Å²) in [5.41, 5.74) is 1.89. The highest BCUT2D eigenvalue weighted by Crippen LogP contribution is 2.16. The van der Waals surface area contributed by atoms with Gasteiger partial charge in [-0.3, -0.25) is 4.79 Å². The maximum Gasteiger partial charge on any atom is 0.239 e. The van der Waals surface area contributed by atoms with E-state index in [2.05, 4.69) is 33.2 Å². The molecular weight excluding hydrogens is 379 g/mol. The van der Waals surface area contributed by atoms with E-state index in [-0.39, 0.29) is 12.5 Å². The van der Waals surface area contributed by atoms with Crippen LogP contribution in [0.15, 0.2) is 48.5 Å². The maximum absolute atomic E-state index is 11.8. The molecule has 110 valence electrons. The van der Waals surface area contributed by atoms with Crippen LogP contribution in [0.2, 0.25) is 0 Å². The number of rotatable bonds is 6. The molecule has 0 spiro atoms. The van der Waals surface area contributed by atoms with Crippen LogP contribution in [0.4, 0.5) is 5.69 Å². The second kappa shape index (κ2) is 7.87. The summed E-state index contributed by atoms with van der Waals surface area (Å²) >= 11 is 2.25. The Bertz CT molecular complexity index is 599. The number of nitrogens with one attached hydrogen (secondary N) is 2. The molecule has 0 bridgehead atoms. The zero-order valence-electron chi connectivity index (χ0n) is 11.7. The van der Waals surface area contributed by atoms with Gasteiger partial charge in [0.1, 0.15) is 5.75 Å². The first-order chi connectivity index (χ1) is 10.2. The molecule has 5 heteroatoms. The number of para-hydroxylation sites is 1. The highest BCUT2D eigenvalue weighted by atomic mass is 127. The lowest BCUT2D eigenvalue weighted by Crippen LogP contribution is -2.29. The minimum atomic E-state index is -0.0561. The number of halogens is 1. The highest BCUT2D eigenvalue weighted by Gasteiger charge is 2.04. The number of methoxy groups -OCH3 is 1. The molecule has 0 heterocycles. The van der Waals surface area contributed by atoms with E-state index in [0.717, 1.165) is 17.0 Å². The molecule has 2 rings (SSSR count). The van der Waals surface area contributed by atoms with E-state index in [1.165, 1.54) is 3.57 Å². The fourth-order valence-electron chi connectivity index (χ4n) is 1.86. The number of carbonyl (C=O) groups excluding carboxylic acids is 1. The van der Waals surface area contributed by atoms with E-state index in [1.54, 1.807) is 7.11 Å². The summed E-state index contributed by atoms with van der Waals surface area (Å²) in [6.45, 7) is 0.701. The molecule has 0 unspecified atom stereocenters. The van der Waals surface area contributed by atoms with Crippen molar-refractivity contribution in [2.24, 2.45) is 0 Å². The number of benzene rings is 2. The average Bonchev–Trinajstić information content (AvgIpc) is 2.52. The molecule has 0 radical (unpaired) electrons. The maximum atomic E-state index is 11.8. The van der Waals surface area contributed by atoms with Crippen LogP contribution in [0.3, 0.4) is 0 Å². The highest BCUT2D eigenvalue weighted by molar-refractivity contribution is 14.1. The van der Waals surface area contributed by atoms with Crippen LogP contribution in [0.25, 0.3) is 0 Å². The van der Waals surface area contributed by atoms with E-state index < -0.39 is 0 Å². The van der Waals surface area contributed by atoms with Gasteiger partial charge in [0.2, 0.25) is 5.91 Å². The number of hydrogen-bond acceptors (Lipinski definition) is 3. The van der Waals surface area contributed by atoms with Crippen molar-refractivity contribution in [1.29, 1.82) is 0 Å². The number of anilines is 1. The van der Waals surface area contributed by atoms with Crippen molar-refractivity contribution in [3.05, 3.63) is 57.7 Å². The Morgan fingerprint density at radius 2 is 1.86 bits per heavy atom. The number of ether oxygens (including phenoxy) is 1. The summed E-state index contributed by atoms with van der Waals surface area (Å²) in [7, 11) is 1.62. The van der Waals surface area contributed by atoms with Crippen LogP contribution in [-0.2, 0) is 11.3 Å². The molecule has 21 heavy (non-hydrogen) atoms. The SMILES string of the molecule is COc1ccccc1CNC(=O)CNc1ccc(I)cc1. The largest absolute Gasteiger partial charge is 0.496 e. The second-order valence-electron chi connectivity index (χ2n) is 4.45. The molecule has 0 saturated heterocycles. The Hall–Kier alpha value is -1.76. The van der Waals surface area contributed by atoms with Crippen molar-refractivity contribution >= 4 is 34.2 Å². The lowest BCUT2D eigenvalue weighted by atomic mass is 10.2. The van der Waals surface area contributed by atoms with Crippen LogP contribution in [0.1, 0.15) is 5.56 Å². The van der Waals surface area contributed by atoms with Gasteiger partial charge in [-0.05, 0) is 52.9 Å². The predicted octanol–water partition coefficient (Wildman–Crippen LogP) is 3.03. The molecule has 2 aromatic carbocycles. The van der Waals surface area contributed by atoms with Gasteiger partial charge in [0.25, 0.3) is 0 Å². The molecule has 0 aromatic heterocycles. The van der Waals surface area contributed by atoms with E-state index >= 15 is 0 Å². The Morgan fingerprint density at radius 1 is 1.14 bits per heavy atom. The molecular formula is C16H17IN2O2. The summed E-state index contributed by atoms with van der Waals surface area (Å²) in [5, 5.41) is 5.96. The van der Waals surface area contributed by atoms with Gasteiger partial charge in [0.15, 0.2) is 0 Å². The summed E-state index contributed by atoms with van der Waals surface area (Å²) in [6, 6.07) is 15.5. The molecule has 0 fully saturated rings. The smallest absolute Gasteiger partial charge is 0.239 e. The summed E-state index contributed by atoms with van der Waals surface area (Å²) in [5.74, 6) is 0.725. The van der Waals surface area contributed by atoms with Crippen LogP contribution in [-0.4, -0.2) is 19.6 Å². The van der Waals surface area contributed by atoms with Crippen molar-refractivity contribution in [1.82, 2.24) is 5.32 Å². The Kier molecular flexibility index (Phi) is 5.86. The molecule has 0 aliphatic heterocycles. The molecule has 4 nitrogen and oxygen atoms in total. The third-order valence-corrected chi connectivity index (χ3v) is 3.68. The molecule has 0 aliphatic carbocycles. The van der Waals surface area contributed by atoms with E-state index in [4.69, 9.17) is 4.74 Å². The molecule has 0 saturated carbocycles. The van der Waals surface area contributed by atoms with Crippen molar-refractivity contribution in [3.8, 4) is 5.75 Å². The van der Waals surface area contributed by atoms with Crippen molar-refractivity contribution in [3.63, 3.8) is 0 Å². The lowest BCUT2D eigenvalue weighted by molar-refractivity contribution is -0.119. The minimum Gasteiger partial charge on any atom is -0.496 e. The first-order valence-electron chi connectivity index (χ1n) is 6.57. The van der Waals surface area contributed by atoms with Gasteiger partial charge >= 0.3 is 0 Å². The van der Waals surface area contributed by atoms with Crippen LogP contribution in [0, 0.1) is 3.57 Å². The molecule has 0 atom stereocenters. The quantitative estimate of drug-likeness (QED) is 0.739. The Morgan fingerprint density at radius 3 is 2.57 bits per heavy atom. The molecule has 2 N–H and O–H groups in total. The van der Waals surface area contributed by atoms with Crippen LogP contribution in [0.5, 0.6) is 5.75 Å². The topological polar surface area (TPSA) is 50.4 Å². The standard InChI is InChI=1S/C16H17IN2O2/c1-21-15-5-3-2-4-12(15)10-19-16(20)11-18-14-8-6-13(17)7-9-14/h2-9,18H,10-11H2,1H3,(H,19,20). The monoisotopic (exact) mass is 396 g/mol. The normalized spacial score (nSPS) is 10.0. The molecule has 1 amide bonds. The van der Waals surface area contributed by atoms with E-state index in [9.17, 15) is 4.79 Å². The second-order valence-corrected chi connectivity index (χ2v) is 5.69. The van der Waals surface area contributed by atoms with Crippen LogP contribution >= 0.6 is 22.6 Å². The zero-order valence-corrected chi connectivity index (χ0v) is 13.9. The van der Waals surface area contributed by atoms with Gasteiger partial charge in [0.05, 0.1) is 13.7 Å². The zero-order chi connectivity index (χ0) is 15.1. The average molecular weight is 396 g/mol. The van der Waals surface area contributed by atoms with Crippen molar-refractivity contribution in [2.45, 2.75) is 6.54 Å². The molecule has 0 aliphatic rings. The van der Waals surface area contributed by atoms with Crippen molar-refractivity contribution < 1.29 is 9.53 Å². The fraction of sp³-hybridized carbons (Fsp3) is 0.188. The fourth-order valence-corrected chi connectivity index (χ4v) is 2.21. The van der Waals surface area contributed by atoms with Gasteiger partial charge in [-0.1, -0.05) is 18.2 Å². The van der Waals surface area contributed by atoms with E-state index in [0.29, 0.717) is 6.54 Å². The van der Waals surface area contributed by atoms with E-state index in [1.807, 2.05) is 48.5 Å². The molecule has 2 aromatic rings. The minimum absolute atomic E-state index is 0.0561. The summed E-state index contributed by atoms with van der Waals surface area (Å²) in [6.07, 6.45) is 0. The van der Waals surface area contributed by atoms with Gasteiger partial charge in [-0.15, -0.1) is 0 Å². The number of hydrogen-bond donors (Lipinski definition) is 2. The van der Waals surface area contributed by atoms with Crippen molar-refractivity contribution in [2.75, 3.05) is 19.0 Å². The lowest BCUT2D eigenvalue weighted by Gasteiger charge is -2.10. The summed E-state index contributed by atoms with van der Waals surface area (Å²) < 4.78 is 6.42. The van der Waals surface area contributed by atoms with Gasteiger partial charge in [-0.25, -0.2) is 0 Å². The predicted molar refractivity (Wildman–Crippen MR) is 92.5 cm³/mol. The van der Waals surface area contributed by atoms with Gasteiger partial charge in [0, 0.05) is 21.4 Å². The Balaban J connectivity index is 1.81. The number of amides is 1. The third-order valence-electron chi connectivity index (χ3n) is 2.97. The van der Waals surface area contributed by atoms with Gasteiger partial charge in [-0.2, -0.15) is 0 Å².